The number of hydrogen-bond donors (Lipinski definition) is 1. The van der Waals surface area contributed by atoms with Gasteiger partial charge < -0.3 is 10.1 Å². The first-order valence-electron chi connectivity index (χ1n) is 9.50. The summed E-state index contributed by atoms with van der Waals surface area (Å²) in [5, 5.41) is 2.93. The summed E-state index contributed by atoms with van der Waals surface area (Å²) in [6.45, 7) is 7.79. The molecule has 7 nitrogen and oxygen atoms in total. The van der Waals surface area contributed by atoms with Crippen molar-refractivity contribution in [3.63, 3.8) is 0 Å². The lowest BCUT2D eigenvalue weighted by Crippen LogP contribution is -2.30. The number of fused-ring (bicyclic) bond motifs is 3. The number of carbonyl (C=O) groups excluding carboxylic acids is 1. The van der Waals surface area contributed by atoms with Crippen molar-refractivity contribution in [1.82, 2.24) is 24.7 Å². The lowest BCUT2D eigenvalue weighted by atomic mass is 10.1. The molecule has 0 aliphatic carbocycles. The molecule has 0 fully saturated rings. The number of methoxy groups -OCH3 is 1. The molecule has 7 heteroatoms. The molecule has 0 spiro atoms. The first-order chi connectivity index (χ1) is 13.9. The van der Waals surface area contributed by atoms with Gasteiger partial charge in [0.25, 0.3) is 5.91 Å². The van der Waals surface area contributed by atoms with E-state index in [1.807, 2.05) is 56.4 Å². The molecule has 1 aromatic carbocycles. The van der Waals surface area contributed by atoms with Gasteiger partial charge in [-0.3, -0.25) is 9.20 Å². The highest BCUT2D eigenvalue weighted by molar-refractivity contribution is 5.95. The summed E-state index contributed by atoms with van der Waals surface area (Å²) in [5.41, 5.74) is 5.47. The molecular weight excluding hydrogens is 366 g/mol. The molecule has 29 heavy (non-hydrogen) atoms. The average Bonchev–Trinajstić information content (AvgIpc) is 3.05. The summed E-state index contributed by atoms with van der Waals surface area (Å²) in [6.07, 6.45) is 0. The molecular formula is C22H23N5O2. The maximum atomic E-state index is 12.5. The highest BCUT2D eigenvalue weighted by Gasteiger charge is 2.18. The van der Waals surface area contributed by atoms with Crippen molar-refractivity contribution in [3.05, 3.63) is 53.3 Å². The minimum atomic E-state index is -0.109. The Hall–Kier alpha value is -3.48. The second-order valence-electron chi connectivity index (χ2n) is 7.31. The maximum Gasteiger partial charge on any atom is 0.251 e. The van der Waals surface area contributed by atoms with E-state index in [2.05, 4.69) is 15.3 Å². The number of aromatic nitrogens is 4. The Morgan fingerprint density at radius 2 is 1.83 bits per heavy atom. The smallest absolute Gasteiger partial charge is 0.251 e. The summed E-state index contributed by atoms with van der Waals surface area (Å²) in [7, 11) is 1.59. The second kappa shape index (κ2) is 7.16. The molecule has 148 valence electrons. The number of carbonyl (C=O) groups is 1. The zero-order chi connectivity index (χ0) is 20.7. The van der Waals surface area contributed by atoms with Crippen LogP contribution in [0.4, 0.5) is 0 Å². The molecule has 4 rings (SSSR count). The Morgan fingerprint density at radius 3 is 2.55 bits per heavy atom. The fraction of sp³-hybridized carbons (Fsp3) is 0.273. The van der Waals surface area contributed by atoms with Crippen LogP contribution in [-0.2, 0) is 0 Å². The number of nitrogens with one attached hydrogen (secondary N) is 1. The van der Waals surface area contributed by atoms with Crippen molar-refractivity contribution in [2.24, 2.45) is 0 Å². The van der Waals surface area contributed by atoms with E-state index in [9.17, 15) is 4.79 Å². The van der Waals surface area contributed by atoms with E-state index in [0.717, 1.165) is 28.0 Å². The number of ether oxygens (including phenoxy) is 1. The lowest BCUT2D eigenvalue weighted by molar-refractivity contribution is 0.0943. The Morgan fingerprint density at radius 1 is 1.07 bits per heavy atom. The predicted molar refractivity (Wildman–Crippen MR) is 112 cm³/mol. The van der Waals surface area contributed by atoms with Crippen LogP contribution in [0, 0.1) is 13.8 Å². The molecule has 1 N–H and O–H groups in total. The van der Waals surface area contributed by atoms with E-state index in [-0.39, 0.29) is 11.9 Å². The average molecular weight is 389 g/mol. The summed E-state index contributed by atoms with van der Waals surface area (Å²) in [5.74, 6) is 1.11. The number of hydrogen-bond acceptors (Lipinski definition) is 5. The van der Waals surface area contributed by atoms with E-state index in [1.165, 1.54) is 0 Å². The van der Waals surface area contributed by atoms with Crippen LogP contribution in [0.15, 0.2) is 36.4 Å². The van der Waals surface area contributed by atoms with Gasteiger partial charge in [0.2, 0.25) is 5.88 Å². The van der Waals surface area contributed by atoms with Crippen molar-refractivity contribution in [1.29, 1.82) is 0 Å². The first kappa shape index (κ1) is 18.9. The third-order valence-electron chi connectivity index (χ3n) is 4.74. The highest BCUT2D eigenvalue weighted by atomic mass is 16.5. The number of pyridine rings is 1. The number of benzene rings is 1. The number of aryl methyl sites for hydroxylation is 2. The van der Waals surface area contributed by atoms with Crippen LogP contribution in [0.25, 0.3) is 28.1 Å². The van der Waals surface area contributed by atoms with Gasteiger partial charge in [-0.25, -0.2) is 9.97 Å². The van der Waals surface area contributed by atoms with E-state index < -0.39 is 0 Å². The third kappa shape index (κ3) is 3.29. The van der Waals surface area contributed by atoms with E-state index in [1.54, 1.807) is 19.2 Å². The molecule has 0 saturated carbocycles. The summed E-state index contributed by atoms with van der Waals surface area (Å²) < 4.78 is 7.31. The third-order valence-corrected chi connectivity index (χ3v) is 4.74. The Labute approximate surface area is 168 Å². The van der Waals surface area contributed by atoms with Crippen LogP contribution in [0.2, 0.25) is 0 Å². The van der Waals surface area contributed by atoms with Crippen LogP contribution in [-0.4, -0.2) is 38.4 Å². The van der Waals surface area contributed by atoms with Crippen LogP contribution in [0.1, 0.15) is 35.6 Å². The zero-order valence-electron chi connectivity index (χ0n) is 17.1. The van der Waals surface area contributed by atoms with Gasteiger partial charge in [-0.05, 0) is 45.9 Å². The predicted octanol–water partition coefficient (Wildman–Crippen LogP) is 3.71. The van der Waals surface area contributed by atoms with E-state index in [0.29, 0.717) is 22.9 Å². The summed E-state index contributed by atoms with van der Waals surface area (Å²) >= 11 is 0. The topological polar surface area (TPSA) is 81.4 Å². The van der Waals surface area contributed by atoms with Crippen LogP contribution < -0.4 is 10.1 Å². The van der Waals surface area contributed by atoms with Crippen LogP contribution >= 0.6 is 0 Å². The van der Waals surface area contributed by atoms with Gasteiger partial charge in [-0.15, -0.1) is 0 Å². The molecule has 1 amide bonds. The monoisotopic (exact) mass is 389 g/mol. The van der Waals surface area contributed by atoms with Gasteiger partial charge in [0.15, 0.2) is 5.65 Å². The fourth-order valence-corrected chi connectivity index (χ4v) is 3.52. The lowest BCUT2D eigenvalue weighted by Gasteiger charge is -2.11. The number of nitrogens with zero attached hydrogens (tertiary/aromatic N) is 4. The number of amides is 1. The molecule has 4 aromatic rings. The van der Waals surface area contributed by atoms with E-state index in [4.69, 9.17) is 9.72 Å². The SMILES string of the molecule is COc1ccc2nc(C)c3c(C)nc(-c4cccc(C(=O)NC(C)C)c4)n3c2n1. The van der Waals surface area contributed by atoms with Gasteiger partial charge in [0, 0.05) is 23.2 Å². The Balaban J connectivity index is 1.98. The molecule has 3 heterocycles. The maximum absolute atomic E-state index is 12.5. The van der Waals surface area contributed by atoms with Crippen molar-refractivity contribution >= 4 is 22.6 Å². The molecule has 3 aromatic heterocycles. The molecule has 0 aliphatic rings. The molecule has 0 radical (unpaired) electrons. The van der Waals surface area contributed by atoms with Gasteiger partial charge in [-0.1, -0.05) is 12.1 Å². The quantitative estimate of drug-likeness (QED) is 0.575. The zero-order valence-corrected chi connectivity index (χ0v) is 17.1. The highest BCUT2D eigenvalue weighted by Crippen LogP contribution is 2.29. The van der Waals surface area contributed by atoms with Gasteiger partial charge in [0.1, 0.15) is 11.3 Å². The molecule has 0 bridgehead atoms. The van der Waals surface area contributed by atoms with Gasteiger partial charge >= 0.3 is 0 Å². The van der Waals surface area contributed by atoms with E-state index >= 15 is 0 Å². The Bertz CT molecular complexity index is 1240. The van der Waals surface area contributed by atoms with Gasteiger partial charge in [0.05, 0.1) is 24.0 Å². The van der Waals surface area contributed by atoms with Crippen molar-refractivity contribution in [3.8, 4) is 17.3 Å². The molecule has 0 aliphatic heterocycles. The van der Waals surface area contributed by atoms with Crippen molar-refractivity contribution in [2.45, 2.75) is 33.7 Å². The standard InChI is InChI=1S/C22H23N5O2/c1-12(2)23-22(28)16-8-6-7-15(11-16)20-25-14(4)19-13(3)24-17-9-10-18(29-5)26-21(17)27(19)20/h6-12H,1-5H3,(H,23,28). The molecule has 0 saturated heterocycles. The summed E-state index contributed by atoms with van der Waals surface area (Å²) in [6, 6.07) is 11.2. The normalized spacial score (nSPS) is 11.4. The van der Waals surface area contributed by atoms with Crippen molar-refractivity contribution in [2.75, 3.05) is 7.11 Å². The minimum absolute atomic E-state index is 0.0648. The summed E-state index contributed by atoms with van der Waals surface area (Å²) in [4.78, 5) is 26.6. The largest absolute Gasteiger partial charge is 0.481 e. The molecule has 0 unspecified atom stereocenters. The fourth-order valence-electron chi connectivity index (χ4n) is 3.52. The first-order valence-corrected chi connectivity index (χ1v) is 9.50. The second-order valence-corrected chi connectivity index (χ2v) is 7.31. The number of rotatable bonds is 4. The van der Waals surface area contributed by atoms with Crippen molar-refractivity contribution < 1.29 is 9.53 Å². The number of imidazole rings is 1. The minimum Gasteiger partial charge on any atom is -0.481 e. The van der Waals surface area contributed by atoms with Gasteiger partial charge in [-0.2, -0.15) is 4.98 Å². The van der Waals surface area contributed by atoms with Crippen LogP contribution in [0.3, 0.4) is 0 Å². The Kier molecular flexibility index (Phi) is 4.66. The molecule has 0 atom stereocenters. The van der Waals surface area contributed by atoms with Crippen LogP contribution in [0.5, 0.6) is 5.88 Å².